The SMILES string of the molecule is Cc1cc(C(C)(C)C)cc(C)c1CS(=O)Cc1ccc(F)cc1. The van der Waals surface area contributed by atoms with Crippen molar-refractivity contribution in [2.75, 3.05) is 0 Å². The predicted octanol–water partition coefficient (Wildman–Crippen LogP) is 5.19. The van der Waals surface area contributed by atoms with Gasteiger partial charge in [-0.2, -0.15) is 0 Å². The lowest BCUT2D eigenvalue weighted by atomic mass is 9.84. The molecule has 0 bridgehead atoms. The first-order chi connectivity index (χ1) is 10.7. The minimum absolute atomic E-state index is 0.112. The highest BCUT2D eigenvalue weighted by Crippen LogP contribution is 2.27. The summed E-state index contributed by atoms with van der Waals surface area (Å²) in [5, 5.41) is 0. The second-order valence-electron chi connectivity index (χ2n) is 7.19. The van der Waals surface area contributed by atoms with Crippen LogP contribution in [0.15, 0.2) is 36.4 Å². The van der Waals surface area contributed by atoms with Crippen LogP contribution in [0.1, 0.15) is 48.6 Å². The molecule has 124 valence electrons. The first-order valence-electron chi connectivity index (χ1n) is 7.87. The van der Waals surface area contributed by atoms with E-state index in [0.717, 1.165) is 5.56 Å². The van der Waals surface area contributed by atoms with Gasteiger partial charge < -0.3 is 0 Å². The standard InChI is InChI=1S/C20H25FOS/c1-14-10-17(20(3,4)5)11-15(2)19(14)13-23(22)12-16-6-8-18(21)9-7-16/h6-11H,12-13H2,1-5H3. The van der Waals surface area contributed by atoms with Gasteiger partial charge in [-0.15, -0.1) is 0 Å². The Hall–Kier alpha value is -1.48. The van der Waals surface area contributed by atoms with E-state index in [-0.39, 0.29) is 11.2 Å². The lowest BCUT2D eigenvalue weighted by Crippen LogP contribution is -2.13. The number of aryl methyl sites for hydroxylation is 2. The fraction of sp³-hybridized carbons (Fsp3) is 0.400. The number of rotatable bonds is 4. The molecule has 0 radical (unpaired) electrons. The summed E-state index contributed by atoms with van der Waals surface area (Å²) in [6, 6.07) is 10.7. The van der Waals surface area contributed by atoms with Crippen molar-refractivity contribution < 1.29 is 8.60 Å². The maximum Gasteiger partial charge on any atom is 0.123 e. The lowest BCUT2D eigenvalue weighted by Gasteiger charge is -2.22. The van der Waals surface area contributed by atoms with Crippen LogP contribution < -0.4 is 0 Å². The van der Waals surface area contributed by atoms with Crippen LogP contribution in [0.4, 0.5) is 4.39 Å². The first kappa shape index (κ1) is 17.9. The molecule has 0 amide bonds. The van der Waals surface area contributed by atoms with Gasteiger partial charge in [0, 0.05) is 22.3 Å². The van der Waals surface area contributed by atoms with Crippen LogP contribution in [-0.2, 0) is 27.7 Å². The van der Waals surface area contributed by atoms with Crippen molar-refractivity contribution in [2.24, 2.45) is 0 Å². The number of hydrogen-bond acceptors (Lipinski definition) is 1. The molecule has 0 aromatic heterocycles. The summed E-state index contributed by atoms with van der Waals surface area (Å²) in [5.41, 5.74) is 5.89. The van der Waals surface area contributed by atoms with Gasteiger partial charge in [0.1, 0.15) is 5.82 Å². The third kappa shape index (κ3) is 4.74. The second-order valence-corrected chi connectivity index (χ2v) is 8.65. The molecule has 23 heavy (non-hydrogen) atoms. The molecule has 0 spiro atoms. The highest BCUT2D eigenvalue weighted by atomic mass is 32.2. The molecular formula is C20H25FOS. The van der Waals surface area contributed by atoms with Crippen LogP contribution in [0.2, 0.25) is 0 Å². The van der Waals surface area contributed by atoms with Crippen LogP contribution >= 0.6 is 0 Å². The fourth-order valence-corrected chi connectivity index (χ4v) is 4.08. The molecule has 1 nitrogen and oxygen atoms in total. The van der Waals surface area contributed by atoms with E-state index in [1.165, 1.54) is 34.4 Å². The molecule has 2 aromatic rings. The predicted molar refractivity (Wildman–Crippen MR) is 96.6 cm³/mol. The van der Waals surface area contributed by atoms with Gasteiger partial charge in [-0.3, -0.25) is 4.21 Å². The molecule has 0 saturated heterocycles. The van der Waals surface area contributed by atoms with Crippen LogP contribution in [0.25, 0.3) is 0 Å². The van der Waals surface area contributed by atoms with E-state index in [4.69, 9.17) is 0 Å². The summed E-state index contributed by atoms with van der Waals surface area (Å²) >= 11 is 0. The zero-order valence-corrected chi connectivity index (χ0v) is 15.4. The van der Waals surface area contributed by atoms with Crippen LogP contribution in [0.3, 0.4) is 0 Å². The second kappa shape index (κ2) is 6.96. The third-order valence-corrected chi connectivity index (χ3v) is 5.37. The van der Waals surface area contributed by atoms with Gasteiger partial charge in [0.15, 0.2) is 0 Å². The monoisotopic (exact) mass is 332 g/mol. The van der Waals surface area contributed by atoms with Gasteiger partial charge in [-0.1, -0.05) is 45.0 Å². The molecule has 0 N–H and O–H groups in total. The Morgan fingerprint density at radius 2 is 1.48 bits per heavy atom. The van der Waals surface area contributed by atoms with Gasteiger partial charge >= 0.3 is 0 Å². The maximum absolute atomic E-state index is 12.9. The third-order valence-electron chi connectivity index (χ3n) is 4.11. The van der Waals surface area contributed by atoms with Crippen molar-refractivity contribution in [2.45, 2.75) is 51.5 Å². The molecule has 1 unspecified atom stereocenters. The fourth-order valence-electron chi connectivity index (χ4n) is 2.63. The van der Waals surface area contributed by atoms with Crippen molar-refractivity contribution in [1.29, 1.82) is 0 Å². The van der Waals surface area contributed by atoms with Crippen molar-refractivity contribution in [3.63, 3.8) is 0 Å². The maximum atomic E-state index is 12.9. The first-order valence-corrected chi connectivity index (χ1v) is 9.35. The summed E-state index contributed by atoms with van der Waals surface area (Å²) in [6.45, 7) is 10.8. The van der Waals surface area contributed by atoms with Crippen molar-refractivity contribution in [1.82, 2.24) is 0 Å². The van der Waals surface area contributed by atoms with E-state index in [1.54, 1.807) is 12.1 Å². The van der Waals surface area contributed by atoms with E-state index in [1.807, 2.05) is 0 Å². The van der Waals surface area contributed by atoms with E-state index in [2.05, 4.69) is 46.8 Å². The smallest absolute Gasteiger partial charge is 0.123 e. The Morgan fingerprint density at radius 1 is 0.957 bits per heavy atom. The molecule has 0 aliphatic carbocycles. The summed E-state index contributed by atoms with van der Waals surface area (Å²) < 4.78 is 25.4. The van der Waals surface area contributed by atoms with E-state index >= 15 is 0 Å². The van der Waals surface area contributed by atoms with E-state index in [9.17, 15) is 8.60 Å². The van der Waals surface area contributed by atoms with Crippen molar-refractivity contribution >= 4 is 10.8 Å². The Balaban J connectivity index is 2.16. The average molecular weight is 332 g/mol. The molecule has 3 heteroatoms. The molecule has 0 aliphatic rings. The topological polar surface area (TPSA) is 17.1 Å². The summed E-state index contributed by atoms with van der Waals surface area (Å²) in [7, 11) is -0.999. The van der Waals surface area contributed by atoms with Crippen LogP contribution in [0.5, 0.6) is 0 Å². The summed E-state index contributed by atoms with van der Waals surface area (Å²) in [6.07, 6.45) is 0. The molecular weight excluding hydrogens is 307 g/mol. The van der Waals surface area contributed by atoms with E-state index in [0.29, 0.717) is 11.5 Å². The molecule has 0 saturated carbocycles. The van der Waals surface area contributed by atoms with Gasteiger partial charge in [-0.05, 0) is 59.2 Å². The molecule has 2 aromatic carbocycles. The quantitative estimate of drug-likeness (QED) is 0.753. The molecule has 0 heterocycles. The van der Waals surface area contributed by atoms with Gasteiger partial charge in [0.2, 0.25) is 0 Å². The zero-order chi connectivity index (χ0) is 17.2. The molecule has 1 atom stereocenters. The van der Waals surface area contributed by atoms with Crippen molar-refractivity contribution in [3.05, 3.63) is 70.0 Å². The normalized spacial score (nSPS) is 13.1. The number of hydrogen-bond donors (Lipinski definition) is 0. The number of benzene rings is 2. The summed E-state index contributed by atoms with van der Waals surface area (Å²) in [4.78, 5) is 0. The van der Waals surface area contributed by atoms with E-state index < -0.39 is 10.8 Å². The number of halogens is 1. The molecule has 0 fully saturated rings. The zero-order valence-electron chi connectivity index (χ0n) is 14.6. The lowest BCUT2D eigenvalue weighted by molar-refractivity contribution is 0.589. The molecule has 2 rings (SSSR count). The minimum Gasteiger partial charge on any atom is -0.259 e. The van der Waals surface area contributed by atoms with Crippen LogP contribution in [-0.4, -0.2) is 4.21 Å². The Labute approximate surface area is 141 Å². The average Bonchev–Trinajstić information content (AvgIpc) is 2.44. The summed E-state index contributed by atoms with van der Waals surface area (Å²) in [5.74, 6) is 0.739. The minimum atomic E-state index is -0.999. The Kier molecular flexibility index (Phi) is 5.41. The Bertz CT molecular complexity index is 688. The van der Waals surface area contributed by atoms with Crippen LogP contribution in [0, 0.1) is 19.7 Å². The van der Waals surface area contributed by atoms with Gasteiger partial charge in [0.05, 0.1) is 0 Å². The highest BCUT2D eigenvalue weighted by molar-refractivity contribution is 7.83. The van der Waals surface area contributed by atoms with Gasteiger partial charge in [0.25, 0.3) is 0 Å². The Morgan fingerprint density at radius 3 is 1.96 bits per heavy atom. The van der Waals surface area contributed by atoms with Gasteiger partial charge in [-0.25, -0.2) is 4.39 Å². The molecule has 0 aliphatic heterocycles. The highest BCUT2D eigenvalue weighted by Gasteiger charge is 2.17. The largest absolute Gasteiger partial charge is 0.259 e. The van der Waals surface area contributed by atoms with Crippen molar-refractivity contribution in [3.8, 4) is 0 Å².